The van der Waals surface area contributed by atoms with Crippen LogP contribution in [0.2, 0.25) is 10.0 Å². The number of benzene rings is 1. The second-order valence-corrected chi connectivity index (χ2v) is 17.2. The van der Waals surface area contributed by atoms with E-state index in [1.54, 1.807) is 18.2 Å². The topological polar surface area (TPSA) is 153 Å². The van der Waals surface area contributed by atoms with E-state index >= 15 is 0 Å². The molecule has 0 bridgehead atoms. The van der Waals surface area contributed by atoms with Crippen molar-refractivity contribution in [2.75, 3.05) is 33.9 Å². The molecule has 0 aliphatic carbocycles. The summed E-state index contributed by atoms with van der Waals surface area (Å²) in [6.07, 6.45) is 7.61. The molecule has 1 atom stereocenters. The van der Waals surface area contributed by atoms with Crippen LogP contribution in [-0.4, -0.2) is 98.1 Å². The average molecular weight is 842 g/mol. The number of fused-ring (bicyclic) bond motifs is 1. The zero-order valence-corrected chi connectivity index (χ0v) is 35.1. The maximum absolute atomic E-state index is 13.3. The van der Waals surface area contributed by atoms with E-state index in [2.05, 4.69) is 20.5 Å². The van der Waals surface area contributed by atoms with Crippen molar-refractivity contribution in [3.8, 4) is 45.3 Å². The number of imidazole rings is 1. The molecule has 2 N–H and O–H groups in total. The zero-order valence-electron chi connectivity index (χ0n) is 33.6. The molecule has 8 rings (SSSR count). The smallest absolute Gasteiger partial charge is 0.410 e. The van der Waals surface area contributed by atoms with Crippen molar-refractivity contribution in [3.05, 3.63) is 82.4 Å². The van der Waals surface area contributed by atoms with Gasteiger partial charge in [-0.1, -0.05) is 41.4 Å². The third-order valence-corrected chi connectivity index (χ3v) is 11.6. The van der Waals surface area contributed by atoms with E-state index in [1.165, 1.54) is 7.11 Å². The molecule has 1 spiro atoms. The standard InChI is InChI=1S/C43H46Cl2N8O6/c1-42(2,3)59-41(56)53(21-27-10-12-34(54)47-27)18-25-9-11-32(49-40(25)58-5)31-8-6-7-29(36(31)44)30-14-16-46-38(37(30)45)26-17-33(57-4)39-48-28(22-52(39)19-26)20-51-23-43(24-51)15-13-35(55)50-43/h6-9,11,14,16-17,19,22,27H,10,12-13,15,18,20-21,23-24H2,1-5H3,(H,47,54)(H,50,55)/t27-/m0/s1. The van der Waals surface area contributed by atoms with Crippen molar-refractivity contribution in [1.29, 1.82) is 0 Å². The monoisotopic (exact) mass is 840 g/mol. The average Bonchev–Trinajstić information content (AvgIpc) is 3.91. The van der Waals surface area contributed by atoms with E-state index in [4.69, 9.17) is 47.4 Å². The number of nitrogens with one attached hydrogen (secondary N) is 2. The summed E-state index contributed by atoms with van der Waals surface area (Å²) in [6, 6.07) is 12.9. The molecule has 59 heavy (non-hydrogen) atoms. The van der Waals surface area contributed by atoms with E-state index in [0.717, 1.165) is 30.8 Å². The van der Waals surface area contributed by atoms with Crippen LogP contribution in [0.25, 0.3) is 39.3 Å². The van der Waals surface area contributed by atoms with Crippen LogP contribution >= 0.6 is 23.2 Å². The number of hydrogen-bond donors (Lipinski definition) is 2. The van der Waals surface area contributed by atoms with Crippen molar-refractivity contribution < 1.29 is 28.6 Å². The normalized spacial score (nSPS) is 17.5. The number of ether oxygens (including phenoxy) is 3. The van der Waals surface area contributed by atoms with Gasteiger partial charge in [0.25, 0.3) is 0 Å². The number of aromatic nitrogens is 4. The van der Waals surface area contributed by atoms with Gasteiger partial charge in [0.1, 0.15) is 5.60 Å². The van der Waals surface area contributed by atoms with Gasteiger partial charge in [0.05, 0.1) is 53.4 Å². The molecule has 5 aromatic rings. The van der Waals surface area contributed by atoms with Crippen LogP contribution in [0.3, 0.4) is 0 Å². The molecule has 3 saturated heterocycles. The number of rotatable bonds is 11. The molecule has 3 aliphatic rings. The van der Waals surface area contributed by atoms with Crippen LogP contribution in [0.5, 0.6) is 11.6 Å². The maximum atomic E-state index is 13.3. The van der Waals surface area contributed by atoms with E-state index in [0.29, 0.717) is 86.8 Å². The fraction of sp³-hybridized carbons (Fsp3) is 0.395. The van der Waals surface area contributed by atoms with Crippen LogP contribution in [0.1, 0.15) is 57.7 Å². The minimum atomic E-state index is -0.707. The van der Waals surface area contributed by atoms with Crippen LogP contribution in [0.15, 0.2) is 61.1 Å². The van der Waals surface area contributed by atoms with Gasteiger partial charge in [-0.2, -0.15) is 0 Å². The Morgan fingerprint density at radius 3 is 2.44 bits per heavy atom. The molecule has 0 unspecified atom stereocenters. The molecule has 3 amide bonds. The quantitative estimate of drug-likeness (QED) is 0.143. The lowest BCUT2D eigenvalue weighted by Gasteiger charge is -2.47. The maximum Gasteiger partial charge on any atom is 0.410 e. The van der Waals surface area contributed by atoms with Gasteiger partial charge in [-0.05, 0) is 57.9 Å². The van der Waals surface area contributed by atoms with Crippen LogP contribution in [0, 0.1) is 0 Å². The Morgan fingerprint density at radius 1 is 0.966 bits per heavy atom. The van der Waals surface area contributed by atoms with Crippen molar-refractivity contribution in [1.82, 2.24) is 39.8 Å². The first kappa shape index (κ1) is 40.3. The molecule has 4 aromatic heterocycles. The van der Waals surface area contributed by atoms with Crippen LogP contribution in [0.4, 0.5) is 4.79 Å². The van der Waals surface area contributed by atoms with Crippen molar-refractivity contribution >= 4 is 46.8 Å². The highest BCUT2D eigenvalue weighted by molar-refractivity contribution is 6.39. The molecule has 3 aliphatic heterocycles. The van der Waals surface area contributed by atoms with Gasteiger partial charge in [-0.3, -0.25) is 19.5 Å². The fourth-order valence-corrected chi connectivity index (χ4v) is 8.81. The largest absolute Gasteiger partial charge is 0.493 e. The number of carbonyl (C=O) groups is 3. The molecule has 3 fully saturated rings. The van der Waals surface area contributed by atoms with Gasteiger partial charge in [0.15, 0.2) is 11.4 Å². The van der Waals surface area contributed by atoms with Crippen molar-refractivity contribution in [3.63, 3.8) is 0 Å². The molecule has 14 nitrogen and oxygen atoms in total. The van der Waals surface area contributed by atoms with Gasteiger partial charge in [-0.15, -0.1) is 0 Å². The number of hydrogen-bond acceptors (Lipinski definition) is 10. The molecule has 16 heteroatoms. The van der Waals surface area contributed by atoms with Gasteiger partial charge < -0.3 is 34.1 Å². The predicted octanol–water partition coefficient (Wildman–Crippen LogP) is 6.93. The number of methoxy groups -OCH3 is 2. The third kappa shape index (κ3) is 8.39. The van der Waals surface area contributed by atoms with E-state index < -0.39 is 11.7 Å². The number of carbonyl (C=O) groups excluding carboxylic acids is 3. The second kappa shape index (κ2) is 16.0. The van der Waals surface area contributed by atoms with Crippen LogP contribution in [-0.2, 0) is 27.4 Å². The molecular formula is C43H46Cl2N8O6. The summed E-state index contributed by atoms with van der Waals surface area (Å²) in [7, 11) is 3.13. The van der Waals surface area contributed by atoms with E-state index in [9.17, 15) is 14.4 Å². The molecule has 7 heterocycles. The first-order valence-corrected chi connectivity index (χ1v) is 20.3. The van der Waals surface area contributed by atoms with E-state index in [-0.39, 0.29) is 36.5 Å². The summed E-state index contributed by atoms with van der Waals surface area (Å²) in [5.41, 5.74) is 5.24. The Labute approximate surface area is 352 Å². The van der Waals surface area contributed by atoms with Gasteiger partial charge in [0, 0.05) is 91.5 Å². The molecule has 0 radical (unpaired) electrons. The Morgan fingerprint density at radius 2 is 1.75 bits per heavy atom. The summed E-state index contributed by atoms with van der Waals surface area (Å²) in [5.74, 6) is 0.981. The van der Waals surface area contributed by atoms with Crippen LogP contribution < -0.4 is 20.1 Å². The predicted molar refractivity (Wildman–Crippen MR) is 223 cm³/mol. The zero-order chi connectivity index (χ0) is 41.6. The molecule has 0 saturated carbocycles. The molecular weight excluding hydrogens is 795 g/mol. The summed E-state index contributed by atoms with van der Waals surface area (Å²) in [5, 5.41) is 6.90. The van der Waals surface area contributed by atoms with Gasteiger partial charge >= 0.3 is 6.09 Å². The summed E-state index contributed by atoms with van der Waals surface area (Å²) >= 11 is 14.4. The summed E-state index contributed by atoms with van der Waals surface area (Å²) < 4.78 is 19.2. The number of halogens is 2. The Balaban J connectivity index is 1.05. The van der Waals surface area contributed by atoms with Crippen molar-refractivity contribution in [2.24, 2.45) is 0 Å². The Kier molecular flexibility index (Phi) is 10.9. The molecule has 1 aromatic carbocycles. The van der Waals surface area contributed by atoms with E-state index in [1.807, 2.05) is 80.0 Å². The summed E-state index contributed by atoms with van der Waals surface area (Å²) in [6.45, 7) is 8.12. The first-order valence-electron chi connectivity index (χ1n) is 19.6. The SMILES string of the molecule is COc1nc(-c2cccc(-c3ccnc(-c4cc(OC)c5nc(CN6CC7(CCC(=O)N7)C6)cn5c4)c3Cl)c2Cl)ccc1CN(C[C@@H]1CCC(=O)N1)C(=O)OC(C)(C)C. The fourth-order valence-electron chi connectivity index (χ4n) is 8.16. The number of likely N-dealkylation sites (tertiary alicyclic amines) is 1. The van der Waals surface area contributed by atoms with Crippen molar-refractivity contribution in [2.45, 2.75) is 76.7 Å². The number of amides is 3. The third-order valence-electron chi connectivity index (χ3n) is 10.9. The lowest BCUT2D eigenvalue weighted by atomic mass is 9.88. The van der Waals surface area contributed by atoms with Gasteiger partial charge in [0.2, 0.25) is 17.7 Å². The Hall–Kier alpha value is -5.44. The number of pyridine rings is 3. The van der Waals surface area contributed by atoms with Gasteiger partial charge in [-0.25, -0.2) is 14.8 Å². The number of nitrogens with zero attached hydrogens (tertiary/aromatic N) is 6. The lowest BCUT2D eigenvalue weighted by Crippen LogP contribution is -2.66. The molecule has 308 valence electrons. The first-order chi connectivity index (χ1) is 28.2. The lowest BCUT2D eigenvalue weighted by molar-refractivity contribution is -0.121. The highest BCUT2D eigenvalue weighted by Gasteiger charge is 2.47. The minimum absolute atomic E-state index is 0.0361. The highest BCUT2D eigenvalue weighted by atomic mass is 35.5. The highest BCUT2D eigenvalue weighted by Crippen LogP contribution is 2.42. The second-order valence-electron chi connectivity index (χ2n) is 16.5. The minimum Gasteiger partial charge on any atom is -0.493 e. The summed E-state index contributed by atoms with van der Waals surface area (Å²) in [4.78, 5) is 55.3. The Bertz CT molecular complexity index is 2460.